The summed E-state index contributed by atoms with van der Waals surface area (Å²) in [5.41, 5.74) is 2.51. The number of rotatable bonds is 3. The van der Waals surface area contributed by atoms with Crippen molar-refractivity contribution in [3.63, 3.8) is 0 Å². The smallest absolute Gasteiger partial charge is 0.114 e. The first-order valence-corrected chi connectivity index (χ1v) is 11.4. The predicted octanol–water partition coefficient (Wildman–Crippen LogP) is 5.26. The molecular weight excluding hydrogens is 242 g/mol. The van der Waals surface area contributed by atoms with Crippen molar-refractivity contribution >= 4 is 29.8 Å². The second-order valence-corrected chi connectivity index (χ2v) is 14.8. The maximum atomic E-state index is 4.71. The van der Waals surface area contributed by atoms with Gasteiger partial charge in [-0.05, 0) is 49.9 Å². The van der Waals surface area contributed by atoms with Gasteiger partial charge in [0.25, 0.3) is 0 Å². The highest BCUT2D eigenvalue weighted by atomic mass is 32.4. The molecule has 0 atom stereocenters. The Morgan fingerprint density at radius 3 is 2.12 bits per heavy atom. The van der Waals surface area contributed by atoms with Gasteiger partial charge in [0.05, 0.1) is 5.69 Å². The van der Waals surface area contributed by atoms with E-state index >= 15 is 0 Å². The van der Waals surface area contributed by atoms with Crippen LogP contribution in [0.4, 0.5) is 5.69 Å². The average molecular weight is 263 g/mol. The van der Waals surface area contributed by atoms with Gasteiger partial charge in [-0.3, -0.25) is 4.99 Å². The number of benzene rings is 1. The third-order valence-electron chi connectivity index (χ3n) is 2.73. The van der Waals surface area contributed by atoms with Crippen molar-refractivity contribution in [2.45, 2.75) is 50.2 Å². The Balaban J connectivity index is 2.05. The second-order valence-electron chi connectivity index (χ2n) is 5.59. The molecule has 0 aliphatic heterocycles. The summed E-state index contributed by atoms with van der Waals surface area (Å²) in [6.45, 7) is 7.14. The molecule has 3 heteroatoms. The maximum absolute atomic E-state index is 4.71. The molecule has 1 aliphatic rings. The molecular formula is C14H21NSSi. The van der Waals surface area contributed by atoms with Gasteiger partial charge >= 0.3 is 0 Å². The fourth-order valence-electron chi connectivity index (χ4n) is 2.02. The second kappa shape index (κ2) is 5.40. The molecule has 0 N–H and O–H groups in total. The van der Waals surface area contributed by atoms with Crippen LogP contribution in [-0.2, 0) is 0 Å². The first-order chi connectivity index (χ1) is 8.03. The number of nitrogens with zero attached hydrogens (tertiary/aromatic N) is 1. The fraction of sp³-hybridized carbons (Fsp3) is 0.500. The van der Waals surface area contributed by atoms with Crippen LogP contribution in [0, 0.1) is 0 Å². The molecule has 0 unspecified atom stereocenters. The third kappa shape index (κ3) is 4.32. The van der Waals surface area contributed by atoms with Crippen molar-refractivity contribution < 1.29 is 0 Å². The lowest BCUT2D eigenvalue weighted by Gasteiger charge is -2.14. The molecule has 0 bridgehead atoms. The first kappa shape index (κ1) is 12.9. The molecule has 0 spiro atoms. The summed E-state index contributed by atoms with van der Waals surface area (Å²) in [7, 11) is -1.07. The van der Waals surface area contributed by atoms with Gasteiger partial charge in [0.2, 0.25) is 0 Å². The Bertz CT molecular complexity index is 395. The number of hydrogen-bond acceptors (Lipinski definition) is 2. The molecule has 1 aliphatic carbocycles. The van der Waals surface area contributed by atoms with Crippen LogP contribution in [0.5, 0.6) is 0 Å². The van der Waals surface area contributed by atoms with Crippen molar-refractivity contribution in [1.29, 1.82) is 0 Å². The van der Waals surface area contributed by atoms with Crippen LogP contribution in [-0.4, -0.2) is 12.9 Å². The van der Waals surface area contributed by atoms with E-state index in [-0.39, 0.29) is 0 Å². The topological polar surface area (TPSA) is 12.4 Å². The Hall–Kier alpha value is -0.543. The van der Waals surface area contributed by atoms with E-state index < -0.39 is 7.22 Å². The summed E-state index contributed by atoms with van der Waals surface area (Å²) in [6.07, 6.45) is 5.04. The quantitative estimate of drug-likeness (QED) is 0.678. The summed E-state index contributed by atoms with van der Waals surface area (Å²) < 4.78 is 0. The molecule has 1 fully saturated rings. The lowest BCUT2D eigenvalue weighted by Crippen LogP contribution is -2.13. The van der Waals surface area contributed by atoms with Crippen LogP contribution in [0.25, 0.3) is 0 Å². The van der Waals surface area contributed by atoms with Crippen LogP contribution in [0.15, 0.2) is 34.2 Å². The van der Waals surface area contributed by atoms with Gasteiger partial charge in [-0.2, -0.15) is 11.2 Å². The van der Waals surface area contributed by atoms with E-state index in [1.54, 1.807) is 0 Å². The molecule has 1 aromatic rings. The SMILES string of the molecule is C[Si](C)(C)Sc1ccc(N=C2CCCC2)cc1. The van der Waals surface area contributed by atoms with E-state index in [1.165, 1.54) is 36.3 Å². The van der Waals surface area contributed by atoms with E-state index in [4.69, 9.17) is 4.99 Å². The molecule has 1 saturated carbocycles. The summed E-state index contributed by atoms with van der Waals surface area (Å²) in [4.78, 5) is 6.10. The molecule has 1 nitrogen and oxygen atoms in total. The van der Waals surface area contributed by atoms with Gasteiger partial charge in [-0.25, -0.2) is 0 Å². The number of aliphatic imine (C=N–C) groups is 1. The van der Waals surface area contributed by atoms with E-state index in [2.05, 4.69) is 43.9 Å². The van der Waals surface area contributed by atoms with Gasteiger partial charge in [0.15, 0.2) is 0 Å². The van der Waals surface area contributed by atoms with Crippen molar-refractivity contribution in [3.05, 3.63) is 24.3 Å². The van der Waals surface area contributed by atoms with E-state index in [0.29, 0.717) is 0 Å². The van der Waals surface area contributed by atoms with Crippen molar-refractivity contribution in [2.75, 3.05) is 0 Å². The molecule has 0 amide bonds. The molecule has 0 radical (unpaired) electrons. The summed E-state index contributed by atoms with van der Waals surface area (Å²) in [6, 6.07) is 8.76. The summed E-state index contributed by atoms with van der Waals surface area (Å²) >= 11 is 2.04. The molecule has 2 rings (SSSR count). The highest BCUT2D eigenvalue weighted by Gasteiger charge is 2.14. The van der Waals surface area contributed by atoms with Gasteiger partial charge < -0.3 is 0 Å². The molecule has 17 heavy (non-hydrogen) atoms. The minimum atomic E-state index is -1.07. The zero-order valence-corrected chi connectivity index (χ0v) is 12.8. The van der Waals surface area contributed by atoms with Crippen LogP contribution in [0.1, 0.15) is 25.7 Å². The lowest BCUT2D eigenvalue weighted by molar-refractivity contribution is 0.886. The van der Waals surface area contributed by atoms with E-state index in [9.17, 15) is 0 Å². The van der Waals surface area contributed by atoms with Gasteiger partial charge in [-0.15, -0.1) is 0 Å². The van der Waals surface area contributed by atoms with Crippen molar-refractivity contribution in [3.8, 4) is 0 Å². The van der Waals surface area contributed by atoms with E-state index in [0.717, 1.165) is 5.69 Å². The highest BCUT2D eigenvalue weighted by molar-refractivity contribution is 8.28. The molecule has 0 aromatic heterocycles. The average Bonchev–Trinajstić information content (AvgIpc) is 2.71. The lowest BCUT2D eigenvalue weighted by atomic mass is 10.3. The van der Waals surface area contributed by atoms with E-state index in [1.807, 2.05) is 11.2 Å². The zero-order chi connectivity index (χ0) is 12.3. The van der Waals surface area contributed by atoms with Crippen LogP contribution in [0.3, 0.4) is 0 Å². The van der Waals surface area contributed by atoms with Crippen molar-refractivity contribution in [1.82, 2.24) is 0 Å². The minimum absolute atomic E-state index is 1.07. The van der Waals surface area contributed by atoms with Gasteiger partial charge in [0, 0.05) is 10.6 Å². The Morgan fingerprint density at radius 2 is 1.59 bits per heavy atom. The van der Waals surface area contributed by atoms with Crippen molar-refractivity contribution in [2.24, 2.45) is 4.99 Å². The van der Waals surface area contributed by atoms with Gasteiger partial charge in [0.1, 0.15) is 7.22 Å². The molecule has 0 saturated heterocycles. The zero-order valence-electron chi connectivity index (χ0n) is 11.0. The normalized spacial score (nSPS) is 16.3. The standard InChI is InChI=1S/C14H21NSSi/c1-17(2,3)16-14-10-8-13(9-11-14)15-12-6-4-5-7-12/h8-11H,4-7H2,1-3H3. The molecule has 1 aromatic carbocycles. The Morgan fingerprint density at radius 1 is 1.00 bits per heavy atom. The third-order valence-corrected chi connectivity index (χ3v) is 6.39. The minimum Gasteiger partial charge on any atom is -0.258 e. The molecule has 92 valence electrons. The fourth-order valence-corrected chi connectivity index (χ4v) is 5.53. The highest BCUT2D eigenvalue weighted by Crippen LogP contribution is 2.30. The number of hydrogen-bond donors (Lipinski definition) is 0. The summed E-state index contributed by atoms with van der Waals surface area (Å²) in [5.74, 6) is 0. The monoisotopic (exact) mass is 263 g/mol. The largest absolute Gasteiger partial charge is 0.258 e. The Kier molecular flexibility index (Phi) is 4.10. The molecule has 0 heterocycles. The maximum Gasteiger partial charge on any atom is 0.114 e. The van der Waals surface area contributed by atoms with Crippen LogP contribution < -0.4 is 0 Å². The van der Waals surface area contributed by atoms with Crippen LogP contribution >= 0.6 is 11.2 Å². The first-order valence-electron chi connectivity index (χ1n) is 6.38. The predicted molar refractivity (Wildman–Crippen MR) is 81.2 cm³/mol. The van der Waals surface area contributed by atoms with Crippen LogP contribution in [0.2, 0.25) is 19.6 Å². The summed E-state index contributed by atoms with van der Waals surface area (Å²) in [5, 5.41) is 0. The van der Waals surface area contributed by atoms with Gasteiger partial charge in [-0.1, -0.05) is 19.6 Å². The Labute approximate surface area is 109 Å².